The van der Waals surface area contributed by atoms with Gasteiger partial charge in [0.05, 0.1) is 33.5 Å². The first-order valence-electron chi connectivity index (χ1n) is 13.4. The molecule has 3 aliphatic carbocycles. The van der Waals surface area contributed by atoms with Crippen LogP contribution in [0.5, 0.6) is 0 Å². The molecule has 9 heteroatoms. The van der Waals surface area contributed by atoms with Crippen molar-refractivity contribution in [2.24, 2.45) is 16.9 Å². The molecule has 0 aromatic heterocycles. The minimum atomic E-state index is -1.13. The zero-order chi connectivity index (χ0) is 29.3. The van der Waals surface area contributed by atoms with Crippen molar-refractivity contribution >= 4 is 64.4 Å². The molecule has 0 saturated carbocycles. The second-order valence-corrected chi connectivity index (χ2v) is 12.1. The Balaban J connectivity index is 1.40. The zero-order valence-corrected chi connectivity index (χ0v) is 24.4. The van der Waals surface area contributed by atoms with Gasteiger partial charge in [-0.25, -0.2) is 10.3 Å². The molecular formula is C33H22Cl3N3O3. The highest BCUT2D eigenvalue weighted by Gasteiger charge is 2.68. The highest BCUT2D eigenvalue weighted by Crippen LogP contribution is 2.63. The number of aryl methyl sites for hydroxylation is 1. The third-order valence-corrected chi connectivity index (χ3v) is 9.49. The number of anilines is 1. The Kier molecular flexibility index (Phi) is 6.28. The molecular weight excluding hydrogens is 593 g/mol. The van der Waals surface area contributed by atoms with Gasteiger partial charge in [0.25, 0.3) is 5.91 Å². The minimum Gasteiger partial charge on any atom is -0.274 e. The van der Waals surface area contributed by atoms with Gasteiger partial charge in [0.1, 0.15) is 0 Å². The number of hydrogen-bond acceptors (Lipinski definition) is 4. The second-order valence-electron chi connectivity index (χ2n) is 10.8. The predicted octanol–water partition coefficient (Wildman–Crippen LogP) is 6.92. The maximum absolute atomic E-state index is 14.5. The molecule has 4 aromatic rings. The van der Waals surface area contributed by atoms with Crippen molar-refractivity contribution in [3.63, 3.8) is 0 Å². The summed E-state index contributed by atoms with van der Waals surface area (Å²) in [4.78, 5) is 43.2. The lowest BCUT2D eigenvalue weighted by Gasteiger charge is -2.52. The largest absolute Gasteiger partial charge is 0.274 e. The van der Waals surface area contributed by atoms with E-state index in [1.807, 2.05) is 55.5 Å². The third kappa shape index (κ3) is 3.72. The van der Waals surface area contributed by atoms with Gasteiger partial charge < -0.3 is 0 Å². The normalized spacial score (nSPS) is 23.6. The molecule has 42 heavy (non-hydrogen) atoms. The molecule has 1 aliphatic heterocycles. The molecule has 208 valence electrons. The highest BCUT2D eigenvalue weighted by atomic mass is 35.5. The molecule has 1 fully saturated rings. The van der Waals surface area contributed by atoms with E-state index >= 15 is 0 Å². The Morgan fingerprint density at radius 2 is 1.48 bits per heavy atom. The molecule has 4 aliphatic rings. The van der Waals surface area contributed by atoms with Crippen LogP contribution in [0.25, 0.3) is 0 Å². The summed E-state index contributed by atoms with van der Waals surface area (Å²) in [6, 6.07) is 25.4. The van der Waals surface area contributed by atoms with E-state index in [0.717, 1.165) is 27.8 Å². The molecule has 2 atom stereocenters. The van der Waals surface area contributed by atoms with E-state index in [4.69, 9.17) is 34.8 Å². The first-order chi connectivity index (χ1) is 20.2. The number of nitrogens with one attached hydrogen (secondary N) is 1. The minimum absolute atomic E-state index is 0.186. The summed E-state index contributed by atoms with van der Waals surface area (Å²) in [7, 11) is 0. The fraction of sp³-hybridized carbons (Fsp3) is 0.152. The quantitative estimate of drug-likeness (QED) is 0.154. The lowest BCUT2D eigenvalue weighted by Crippen LogP contribution is -2.54. The highest BCUT2D eigenvalue weighted by molar-refractivity contribution is 6.36. The summed E-state index contributed by atoms with van der Waals surface area (Å²) in [5, 5.41) is 5.45. The van der Waals surface area contributed by atoms with Gasteiger partial charge >= 0.3 is 0 Å². The van der Waals surface area contributed by atoms with Crippen molar-refractivity contribution in [2.45, 2.75) is 18.3 Å². The molecule has 8 rings (SSSR count). The van der Waals surface area contributed by atoms with E-state index in [0.29, 0.717) is 15.7 Å². The summed E-state index contributed by atoms with van der Waals surface area (Å²) in [5.41, 5.74) is 6.57. The number of carbonyl (C=O) groups is 3. The van der Waals surface area contributed by atoms with Crippen molar-refractivity contribution in [3.8, 4) is 0 Å². The van der Waals surface area contributed by atoms with Crippen LogP contribution >= 0.6 is 34.8 Å². The number of rotatable bonds is 4. The van der Waals surface area contributed by atoms with E-state index in [9.17, 15) is 14.4 Å². The molecule has 0 unspecified atom stereocenters. The van der Waals surface area contributed by atoms with Crippen LogP contribution in [0.3, 0.4) is 0 Å². The molecule has 1 heterocycles. The number of benzene rings is 4. The molecule has 0 spiro atoms. The van der Waals surface area contributed by atoms with Crippen LogP contribution < -0.4 is 10.3 Å². The van der Waals surface area contributed by atoms with Crippen molar-refractivity contribution in [1.29, 1.82) is 0 Å². The summed E-state index contributed by atoms with van der Waals surface area (Å²) in [6.45, 7) is 1.85. The molecule has 0 radical (unpaired) electrons. The Bertz CT molecular complexity index is 1820. The molecule has 2 bridgehead atoms. The lowest BCUT2D eigenvalue weighted by molar-refractivity contribution is -0.122. The SMILES string of the molecule is Cc1ccc(Cl)cc1N1C(=O)[C@@H]2[C@@H](C1=O)C1c3ccccc3C2(/C=N\NC(=O)c2ccc(Cl)cc2Cl)c2ccccc21. The van der Waals surface area contributed by atoms with Gasteiger partial charge in [-0.1, -0.05) is 89.4 Å². The predicted molar refractivity (Wildman–Crippen MR) is 164 cm³/mol. The lowest BCUT2D eigenvalue weighted by atomic mass is 9.47. The van der Waals surface area contributed by atoms with Crippen LogP contribution in [-0.2, 0) is 15.0 Å². The Morgan fingerprint density at radius 3 is 2.14 bits per heavy atom. The van der Waals surface area contributed by atoms with E-state index in [2.05, 4.69) is 10.5 Å². The standard InChI is InChI=1S/C33H22Cl3N3O3/c1-17-10-11-19(35)15-26(17)39-31(41)28-27-20-6-2-4-8-23(20)33(29(28)32(39)42,24-9-5-3-7-21(24)27)16-37-38-30(40)22-13-12-18(34)14-25(22)36/h2-16,27-29H,1H3,(H,38,40)/b37-16-/t27?,28-,29-,33?/m0/s1. The summed E-state index contributed by atoms with van der Waals surface area (Å²) < 4.78 is 0. The fourth-order valence-electron chi connectivity index (χ4n) is 7.04. The molecule has 1 saturated heterocycles. The number of hydrogen-bond donors (Lipinski definition) is 1. The Morgan fingerprint density at radius 1 is 0.857 bits per heavy atom. The maximum atomic E-state index is 14.5. The second kappa shape index (κ2) is 9.80. The van der Waals surface area contributed by atoms with E-state index in [-0.39, 0.29) is 28.3 Å². The van der Waals surface area contributed by atoms with Crippen molar-refractivity contribution < 1.29 is 14.4 Å². The average Bonchev–Trinajstić information content (AvgIpc) is 3.25. The van der Waals surface area contributed by atoms with Crippen molar-refractivity contribution in [2.75, 3.05) is 4.90 Å². The summed E-state index contributed by atoms with van der Waals surface area (Å²) in [5.74, 6) is -2.92. The molecule has 4 aromatic carbocycles. The van der Waals surface area contributed by atoms with Crippen LogP contribution in [0.1, 0.15) is 44.1 Å². The van der Waals surface area contributed by atoms with E-state index < -0.39 is 23.2 Å². The van der Waals surface area contributed by atoms with Crippen LogP contribution in [0, 0.1) is 18.8 Å². The van der Waals surface area contributed by atoms with Gasteiger partial charge in [-0.3, -0.25) is 14.4 Å². The van der Waals surface area contributed by atoms with Gasteiger partial charge in [0, 0.05) is 22.2 Å². The summed E-state index contributed by atoms with van der Waals surface area (Å²) in [6.07, 6.45) is 1.61. The molecule has 3 amide bonds. The van der Waals surface area contributed by atoms with E-state index in [1.165, 1.54) is 17.0 Å². The first-order valence-corrected chi connectivity index (χ1v) is 14.5. The van der Waals surface area contributed by atoms with E-state index in [1.54, 1.807) is 30.5 Å². The zero-order valence-electron chi connectivity index (χ0n) is 22.1. The van der Waals surface area contributed by atoms with Gasteiger partial charge in [0.2, 0.25) is 11.8 Å². The Labute approximate surface area is 256 Å². The van der Waals surface area contributed by atoms with Crippen LogP contribution in [0.2, 0.25) is 15.1 Å². The van der Waals surface area contributed by atoms with Gasteiger partial charge in [-0.05, 0) is 65.1 Å². The average molecular weight is 615 g/mol. The van der Waals surface area contributed by atoms with Gasteiger partial charge in [0.15, 0.2) is 0 Å². The number of amides is 3. The van der Waals surface area contributed by atoms with Crippen molar-refractivity contribution in [1.82, 2.24) is 5.43 Å². The maximum Gasteiger partial charge on any atom is 0.272 e. The number of halogens is 3. The van der Waals surface area contributed by atoms with Crippen LogP contribution in [0.4, 0.5) is 5.69 Å². The smallest absolute Gasteiger partial charge is 0.272 e. The molecule has 6 nitrogen and oxygen atoms in total. The van der Waals surface area contributed by atoms with Crippen LogP contribution in [0.15, 0.2) is 90.0 Å². The number of nitrogens with zero attached hydrogens (tertiary/aromatic N) is 2. The summed E-state index contributed by atoms with van der Waals surface area (Å²) >= 11 is 18.6. The van der Waals surface area contributed by atoms with Crippen molar-refractivity contribution in [3.05, 3.63) is 133 Å². The number of imide groups is 1. The van der Waals surface area contributed by atoms with Gasteiger partial charge in [-0.2, -0.15) is 5.10 Å². The monoisotopic (exact) mass is 613 g/mol. The fourth-order valence-corrected chi connectivity index (χ4v) is 7.70. The topological polar surface area (TPSA) is 78.8 Å². The third-order valence-electron chi connectivity index (χ3n) is 8.71. The number of carbonyl (C=O) groups excluding carboxylic acids is 3. The van der Waals surface area contributed by atoms with Crippen LogP contribution in [-0.4, -0.2) is 23.9 Å². The number of hydrazone groups is 1. The first kappa shape index (κ1) is 26.9. The Hall–Kier alpha value is -3.97. The molecule has 1 N–H and O–H groups in total. The van der Waals surface area contributed by atoms with Gasteiger partial charge in [-0.15, -0.1) is 0 Å².